The maximum Gasteiger partial charge on any atom is 0.328 e. The third-order valence-electron chi connectivity index (χ3n) is 16.3. The molecule has 29 nitrogen and oxygen atoms in total. The van der Waals surface area contributed by atoms with Gasteiger partial charge in [-0.25, -0.2) is 37.6 Å². The molecule has 8 heterocycles. The Morgan fingerprint density at radius 1 is 0.584 bits per heavy atom. The lowest BCUT2D eigenvalue weighted by atomic mass is 10.1. The smallest absolute Gasteiger partial charge is 0.328 e. The van der Waals surface area contributed by atoms with Crippen molar-refractivity contribution in [1.82, 2.24) is 78.3 Å². The van der Waals surface area contributed by atoms with E-state index >= 15 is 0 Å². The first-order valence-corrected chi connectivity index (χ1v) is 33.0. The summed E-state index contributed by atoms with van der Waals surface area (Å²) >= 11 is 1.99. The highest BCUT2D eigenvalue weighted by Gasteiger charge is 2.37. The van der Waals surface area contributed by atoms with Gasteiger partial charge in [-0.1, -0.05) is 24.1 Å². The van der Waals surface area contributed by atoms with Crippen molar-refractivity contribution in [3.8, 4) is 36.5 Å². The van der Waals surface area contributed by atoms with Crippen LogP contribution in [0.3, 0.4) is 0 Å². The molecule has 5 aromatic heterocycles. The van der Waals surface area contributed by atoms with Crippen LogP contribution in [0.5, 0.6) is 0 Å². The van der Waals surface area contributed by atoms with Crippen molar-refractivity contribution < 1.29 is 42.7 Å². The number of hydrogen-bond donors (Lipinski definition) is 8. The number of imidazole rings is 2. The fourth-order valence-electron chi connectivity index (χ4n) is 10.7. The van der Waals surface area contributed by atoms with Crippen LogP contribution in [0.25, 0.3) is 22.1 Å². The van der Waals surface area contributed by atoms with Gasteiger partial charge in [0, 0.05) is 122 Å². The molecule has 0 bridgehead atoms. The zero-order valence-electron chi connectivity index (χ0n) is 57.5. The fourth-order valence-corrected chi connectivity index (χ4v) is 11.2. The van der Waals surface area contributed by atoms with Gasteiger partial charge in [-0.15, -0.1) is 25.3 Å². The molecule has 0 spiro atoms. The fraction of sp³-hybridized carbons (Fsp3) is 0.397. The minimum absolute atomic E-state index is 0. The van der Waals surface area contributed by atoms with Crippen LogP contribution < -0.4 is 38.5 Å². The third kappa shape index (κ3) is 19.4. The molecule has 5 aliphatic rings. The molecule has 3 saturated heterocycles. The second kappa shape index (κ2) is 35.3. The van der Waals surface area contributed by atoms with E-state index in [2.05, 4.69) is 74.8 Å². The minimum atomic E-state index is -0.892. The SMILES string of the molecule is C#Cc1nn(C2CN(C(=O)/C=C/CN(C)C)C2)c(NC)c1C(N)=O.C#Cc1nn(C2CNC2)c(NC)c1C(N)=O.CN(C)C/C=C/C(=O)O.CNc1c(C(N)=O)c(C#Cc2cc3ncn(C4CC4)c3cc2F)nn1C1CN(C(=O)/C=C/CN(C)C)C1.Cl.Fc1cc2c(cc1I)ncn2C1CC1. The largest absolute Gasteiger partial charge is 0.478 e. The molecule has 536 valence electrons. The number of benzene rings is 2. The first-order valence-electron chi connectivity index (χ1n) is 31.9. The topological polar surface area (TPSA) is 354 Å². The third-order valence-corrected chi connectivity index (χ3v) is 17.1. The Hall–Kier alpha value is -10.2. The summed E-state index contributed by atoms with van der Waals surface area (Å²) in [5.74, 6) is 8.37. The monoisotopic (exact) mass is 1520 g/mol. The van der Waals surface area contributed by atoms with E-state index in [1.165, 1.54) is 18.9 Å². The van der Waals surface area contributed by atoms with Gasteiger partial charge in [0.25, 0.3) is 17.7 Å². The molecule has 5 amide bonds. The van der Waals surface area contributed by atoms with E-state index < -0.39 is 29.5 Å². The lowest BCUT2D eigenvalue weighted by Gasteiger charge is -2.39. The van der Waals surface area contributed by atoms with Gasteiger partial charge in [-0.2, -0.15) is 15.3 Å². The first kappa shape index (κ1) is 78.2. The molecule has 11 N–H and O–H groups in total. The Morgan fingerprint density at radius 3 is 1.32 bits per heavy atom. The standard InChI is InChI=1S/C26H29FN8O2.C16H22N6O2.C10H8FIN2.C10H13N5O.C6H11NO2.ClH/c1-29-26-24(25(28)37)20(31-35(26)18-13-33(14-18)23(36)5-4-10-32(2)3)9-6-16-11-21-22(12-19(16)27)34(15-30-21)17-7-8-17;1-5-12-14(15(17)24)16(18-2)22(19-12)11-9-21(10-11)13(23)7-6-8-20(3)4;11-7-3-10-9(4-8(7)12)13-5-14(10)6-1-2-6;1-3-7-8(9(11)16)10(12-2)15(14-7)6-4-13-5-6;1-7(2)5-3-4-6(8)9;/h4-5,11-12,15,17-18,29H,7-8,10,13-14H2,1-3H3,(H2,28,37);1,6-7,11,18H,8-10H2,2-4H3,(H2,17,24);3-6H,1-2H2;1,6,12-13H,4-5H2,2H3,(H2,11,16);3-4H,5H2,1-2H3,(H,8,9);1H/b5-4+;7-6+;;;4-3+;. The van der Waals surface area contributed by atoms with E-state index in [4.69, 9.17) is 35.2 Å². The number of likely N-dealkylation sites (tertiary alicyclic amines) is 2. The van der Waals surface area contributed by atoms with Gasteiger partial charge >= 0.3 is 5.97 Å². The quantitative estimate of drug-likeness (QED) is 0.0302. The number of terminal acetylenes is 2. The van der Waals surface area contributed by atoms with E-state index in [1.54, 1.807) is 87.7 Å². The summed E-state index contributed by atoms with van der Waals surface area (Å²) in [5.41, 5.74) is 21.0. The number of amides is 5. The number of rotatable bonds is 20. The molecule has 0 atom stereocenters. The summed E-state index contributed by atoms with van der Waals surface area (Å²) in [6, 6.07) is 7.41. The number of nitrogens with zero attached hydrogens (tertiary/aromatic N) is 15. The van der Waals surface area contributed by atoms with Crippen LogP contribution in [0.4, 0.5) is 26.2 Å². The number of hydrogen-bond acceptors (Lipinski definition) is 18. The van der Waals surface area contributed by atoms with E-state index in [0.29, 0.717) is 90.1 Å². The number of carboxylic acids is 1. The predicted molar refractivity (Wildman–Crippen MR) is 392 cm³/mol. The van der Waals surface area contributed by atoms with Crippen molar-refractivity contribution in [2.45, 2.75) is 55.9 Å². The number of halogens is 4. The van der Waals surface area contributed by atoms with Crippen molar-refractivity contribution in [2.24, 2.45) is 17.2 Å². The highest BCUT2D eigenvalue weighted by molar-refractivity contribution is 14.1. The molecular formula is C68H84ClF2IN22O7. The van der Waals surface area contributed by atoms with Crippen molar-refractivity contribution in [2.75, 3.05) is 138 Å². The van der Waals surface area contributed by atoms with E-state index in [-0.39, 0.29) is 81.8 Å². The number of primary amides is 3. The number of aliphatic carboxylic acids is 1. The van der Waals surface area contributed by atoms with Crippen molar-refractivity contribution >= 4 is 110 Å². The number of nitrogens with one attached hydrogen (secondary N) is 4. The van der Waals surface area contributed by atoms with Crippen molar-refractivity contribution in [1.29, 1.82) is 0 Å². The molecule has 101 heavy (non-hydrogen) atoms. The zero-order chi connectivity index (χ0) is 72.8. The normalized spacial score (nSPS) is 14.9. The lowest BCUT2D eigenvalue weighted by Crippen LogP contribution is -2.50. The molecule has 2 aliphatic carbocycles. The highest BCUT2D eigenvalue weighted by atomic mass is 127. The van der Waals surface area contributed by atoms with Gasteiger partial charge < -0.3 is 77.2 Å². The van der Waals surface area contributed by atoms with Gasteiger partial charge in [0.15, 0.2) is 5.69 Å². The molecule has 2 aromatic carbocycles. The number of nitrogens with two attached hydrogens (primary N) is 3. The van der Waals surface area contributed by atoms with Crippen molar-refractivity contribution in [3.05, 3.63) is 128 Å². The second-order valence-corrected chi connectivity index (χ2v) is 25.9. The average Bonchev–Trinajstić information content (AvgIpc) is 1.68. The average molecular weight is 1520 g/mol. The number of likely N-dealkylation sites (N-methyl/N-ethyl adjacent to an activating group) is 3. The number of aromatic nitrogens is 10. The van der Waals surface area contributed by atoms with Crippen LogP contribution >= 0.6 is 35.0 Å². The lowest BCUT2D eigenvalue weighted by molar-refractivity contribution is -0.132. The predicted octanol–water partition coefficient (Wildman–Crippen LogP) is 4.13. The van der Waals surface area contributed by atoms with Crippen LogP contribution in [-0.2, 0) is 14.4 Å². The van der Waals surface area contributed by atoms with Gasteiger partial charge in [-0.3, -0.25) is 24.0 Å². The van der Waals surface area contributed by atoms with Crippen LogP contribution in [0.15, 0.2) is 73.4 Å². The summed E-state index contributed by atoms with van der Waals surface area (Å²) in [5, 5.41) is 33.1. The molecule has 33 heteroatoms. The van der Waals surface area contributed by atoms with Crippen LogP contribution in [0, 0.1) is 51.7 Å². The molecule has 0 unspecified atom stereocenters. The van der Waals surface area contributed by atoms with E-state index in [0.717, 1.165) is 48.6 Å². The Bertz CT molecular complexity index is 4440. The summed E-state index contributed by atoms with van der Waals surface area (Å²) in [6.45, 7) is 5.56. The first-order chi connectivity index (χ1) is 47.7. The van der Waals surface area contributed by atoms with E-state index in [9.17, 15) is 37.5 Å². The van der Waals surface area contributed by atoms with Gasteiger partial charge in [0.2, 0.25) is 11.8 Å². The molecule has 5 fully saturated rings. The zero-order valence-corrected chi connectivity index (χ0v) is 60.5. The highest BCUT2D eigenvalue weighted by Crippen LogP contribution is 2.39. The molecular weight excluding hydrogens is 1440 g/mol. The second-order valence-electron chi connectivity index (χ2n) is 24.7. The number of anilines is 3. The van der Waals surface area contributed by atoms with Gasteiger partial charge in [0.05, 0.1) is 62.0 Å². The summed E-state index contributed by atoms with van der Waals surface area (Å²) < 4.78 is 37.9. The van der Waals surface area contributed by atoms with Gasteiger partial charge in [-0.05, 0) is 120 Å². The number of carbonyl (C=O) groups is 6. The maximum absolute atomic E-state index is 14.9. The van der Waals surface area contributed by atoms with Gasteiger partial charge in [0.1, 0.15) is 57.2 Å². The Morgan fingerprint density at radius 2 is 0.960 bits per heavy atom. The Kier molecular flexibility index (Phi) is 27.3. The molecule has 7 aromatic rings. The summed E-state index contributed by atoms with van der Waals surface area (Å²) in [6.07, 6.45) is 28.3. The minimum Gasteiger partial charge on any atom is -0.478 e. The maximum atomic E-state index is 14.9. The number of carbonyl (C=O) groups excluding carboxylic acids is 5. The van der Waals surface area contributed by atoms with E-state index in [1.807, 2.05) is 103 Å². The number of carboxylic acid groups (broad SMARTS) is 1. The van der Waals surface area contributed by atoms with Crippen LogP contribution in [0.2, 0.25) is 0 Å². The Labute approximate surface area is 603 Å². The van der Waals surface area contributed by atoms with Crippen LogP contribution in [-0.4, -0.2) is 236 Å². The molecule has 2 saturated carbocycles. The molecule has 12 rings (SSSR count). The van der Waals surface area contributed by atoms with Crippen molar-refractivity contribution in [3.63, 3.8) is 0 Å². The molecule has 3 aliphatic heterocycles. The molecule has 0 radical (unpaired) electrons. The summed E-state index contributed by atoms with van der Waals surface area (Å²) in [4.78, 5) is 87.4. The number of fused-ring (bicyclic) bond motifs is 2. The Balaban J connectivity index is 0.000000192. The van der Waals surface area contributed by atoms with Crippen LogP contribution in [0.1, 0.15) is 110 Å². The summed E-state index contributed by atoms with van der Waals surface area (Å²) in [7, 11) is 16.5.